The first kappa shape index (κ1) is 10.2. The summed E-state index contributed by atoms with van der Waals surface area (Å²) in [6.45, 7) is 5.52. The minimum Gasteiger partial charge on any atom is -0.432 e. The Balaban J connectivity index is 3.89. The van der Waals surface area contributed by atoms with E-state index in [4.69, 9.17) is 4.74 Å². The van der Waals surface area contributed by atoms with Crippen LogP contribution in [0.4, 0.5) is 0 Å². The molecule has 0 aromatic carbocycles. The predicted molar refractivity (Wildman–Crippen MR) is 45.0 cm³/mol. The Kier molecular flexibility index (Phi) is 5.53. The fourth-order valence-corrected chi connectivity index (χ4v) is 0.853. The maximum absolute atomic E-state index is 10.5. The lowest BCUT2D eigenvalue weighted by Gasteiger charge is -2.03. The van der Waals surface area contributed by atoms with Gasteiger partial charge in [0.05, 0.1) is 0 Å². The molecule has 0 aromatic heterocycles. The largest absolute Gasteiger partial charge is 0.432 e. The van der Waals surface area contributed by atoms with Gasteiger partial charge in [-0.2, -0.15) is 0 Å². The Hall–Kier alpha value is -0.790. The molecule has 0 spiro atoms. The molecule has 64 valence electrons. The van der Waals surface area contributed by atoms with Crippen molar-refractivity contribution in [2.45, 2.75) is 40.0 Å². The summed E-state index contributed by atoms with van der Waals surface area (Å²) in [6, 6.07) is 0. The lowest BCUT2D eigenvalue weighted by Crippen LogP contribution is -1.98. The summed E-state index contributed by atoms with van der Waals surface area (Å²) in [6.07, 6.45) is 4.74. The molecule has 2 nitrogen and oxygen atoms in total. The van der Waals surface area contributed by atoms with Crippen LogP contribution in [0, 0.1) is 0 Å². The standard InChI is InChI=1S/C9H16O2/c1-4-6-9(7-5-2)11-8(3)10/h6H,4-5,7H2,1-3H3/b9-6+. The number of ether oxygens (including phenoxy) is 1. The van der Waals surface area contributed by atoms with Crippen LogP contribution < -0.4 is 0 Å². The van der Waals surface area contributed by atoms with E-state index < -0.39 is 0 Å². The second kappa shape index (κ2) is 5.96. The quantitative estimate of drug-likeness (QED) is 0.462. The Morgan fingerprint density at radius 1 is 1.45 bits per heavy atom. The van der Waals surface area contributed by atoms with Crippen LogP contribution in [0.5, 0.6) is 0 Å². The van der Waals surface area contributed by atoms with E-state index in [9.17, 15) is 4.79 Å². The second-order valence-electron chi connectivity index (χ2n) is 2.42. The van der Waals surface area contributed by atoms with Crippen LogP contribution in [0.3, 0.4) is 0 Å². The number of rotatable bonds is 4. The fraction of sp³-hybridized carbons (Fsp3) is 0.667. The molecular formula is C9H16O2. The molecular weight excluding hydrogens is 140 g/mol. The topological polar surface area (TPSA) is 26.3 Å². The van der Waals surface area contributed by atoms with Gasteiger partial charge in [0.2, 0.25) is 0 Å². The van der Waals surface area contributed by atoms with Crippen LogP contribution in [0.1, 0.15) is 40.0 Å². The number of hydrogen-bond acceptors (Lipinski definition) is 2. The molecule has 0 aliphatic carbocycles. The molecule has 0 bridgehead atoms. The van der Waals surface area contributed by atoms with Gasteiger partial charge in [-0.15, -0.1) is 0 Å². The van der Waals surface area contributed by atoms with Crippen molar-refractivity contribution in [3.63, 3.8) is 0 Å². The van der Waals surface area contributed by atoms with Crippen molar-refractivity contribution in [3.05, 3.63) is 11.8 Å². The highest BCUT2D eigenvalue weighted by atomic mass is 16.5. The molecule has 0 saturated heterocycles. The van der Waals surface area contributed by atoms with Gasteiger partial charge in [-0.1, -0.05) is 13.8 Å². The van der Waals surface area contributed by atoms with E-state index in [0.717, 1.165) is 25.0 Å². The number of carbonyl (C=O) groups is 1. The molecule has 0 aliphatic rings. The van der Waals surface area contributed by atoms with Gasteiger partial charge >= 0.3 is 5.97 Å². The van der Waals surface area contributed by atoms with Crippen LogP contribution in [-0.4, -0.2) is 5.97 Å². The third-order valence-electron chi connectivity index (χ3n) is 1.20. The van der Waals surface area contributed by atoms with Gasteiger partial charge in [0, 0.05) is 13.3 Å². The van der Waals surface area contributed by atoms with Crippen LogP contribution >= 0.6 is 0 Å². The normalized spacial score (nSPS) is 11.4. The third-order valence-corrected chi connectivity index (χ3v) is 1.20. The summed E-state index contributed by atoms with van der Waals surface area (Å²) in [5, 5.41) is 0. The van der Waals surface area contributed by atoms with Crippen LogP contribution in [0.25, 0.3) is 0 Å². The van der Waals surface area contributed by atoms with Crippen LogP contribution in [0.15, 0.2) is 11.8 Å². The van der Waals surface area contributed by atoms with E-state index in [-0.39, 0.29) is 5.97 Å². The Morgan fingerprint density at radius 3 is 2.45 bits per heavy atom. The van der Waals surface area contributed by atoms with Gasteiger partial charge in [-0.05, 0) is 18.9 Å². The molecule has 0 amide bonds. The third kappa shape index (κ3) is 5.64. The highest BCUT2D eigenvalue weighted by molar-refractivity contribution is 5.67. The molecule has 0 atom stereocenters. The minimum absolute atomic E-state index is 0.224. The highest BCUT2D eigenvalue weighted by Crippen LogP contribution is 2.07. The summed E-state index contributed by atoms with van der Waals surface area (Å²) >= 11 is 0. The van der Waals surface area contributed by atoms with E-state index in [1.807, 2.05) is 13.0 Å². The van der Waals surface area contributed by atoms with Gasteiger partial charge in [0.15, 0.2) is 0 Å². The Bertz CT molecular complexity index is 148. The lowest BCUT2D eigenvalue weighted by atomic mass is 10.2. The van der Waals surface area contributed by atoms with Crippen molar-refractivity contribution in [3.8, 4) is 0 Å². The zero-order valence-corrected chi connectivity index (χ0v) is 7.52. The van der Waals surface area contributed by atoms with Crippen molar-refractivity contribution >= 4 is 5.97 Å². The molecule has 11 heavy (non-hydrogen) atoms. The predicted octanol–water partition coefficient (Wildman–Crippen LogP) is 2.64. The molecule has 0 aromatic rings. The van der Waals surface area contributed by atoms with Crippen LogP contribution in [-0.2, 0) is 9.53 Å². The molecule has 2 heteroatoms. The number of hydrogen-bond donors (Lipinski definition) is 0. The summed E-state index contributed by atoms with van der Waals surface area (Å²) in [5.74, 6) is 0.584. The number of esters is 1. The summed E-state index contributed by atoms with van der Waals surface area (Å²) < 4.78 is 4.95. The summed E-state index contributed by atoms with van der Waals surface area (Å²) in [4.78, 5) is 10.5. The second-order valence-corrected chi connectivity index (χ2v) is 2.42. The van der Waals surface area contributed by atoms with Gasteiger partial charge < -0.3 is 4.74 Å². The highest BCUT2D eigenvalue weighted by Gasteiger charge is 1.98. The van der Waals surface area contributed by atoms with E-state index in [2.05, 4.69) is 6.92 Å². The first-order valence-corrected chi connectivity index (χ1v) is 4.08. The molecule has 0 saturated carbocycles. The van der Waals surface area contributed by atoms with Crippen molar-refractivity contribution in [2.24, 2.45) is 0 Å². The first-order chi connectivity index (χ1) is 5.20. The summed E-state index contributed by atoms with van der Waals surface area (Å²) in [5.41, 5.74) is 0. The monoisotopic (exact) mass is 156 g/mol. The molecule has 0 fully saturated rings. The molecule has 0 rings (SSSR count). The minimum atomic E-state index is -0.224. The maximum Gasteiger partial charge on any atom is 0.307 e. The van der Waals surface area contributed by atoms with Crippen molar-refractivity contribution < 1.29 is 9.53 Å². The zero-order valence-electron chi connectivity index (χ0n) is 7.52. The van der Waals surface area contributed by atoms with Gasteiger partial charge in [0.25, 0.3) is 0 Å². The Morgan fingerprint density at radius 2 is 2.09 bits per heavy atom. The average Bonchev–Trinajstić information content (AvgIpc) is 1.87. The lowest BCUT2D eigenvalue weighted by molar-refractivity contribution is -0.137. The van der Waals surface area contributed by atoms with Crippen molar-refractivity contribution in [1.82, 2.24) is 0 Å². The van der Waals surface area contributed by atoms with E-state index in [1.54, 1.807) is 0 Å². The molecule has 0 radical (unpaired) electrons. The van der Waals surface area contributed by atoms with E-state index >= 15 is 0 Å². The Labute approximate surface area is 68.2 Å². The number of allylic oxidation sites excluding steroid dienone is 2. The first-order valence-electron chi connectivity index (χ1n) is 4.08. The fourth-order valence-electron chi connectivity index (χ4n) is 0.853. The zero-order chi connectivity index (χ0) is 8.69. The SMILES string of the molecule is CC/C=C(\CCC)OC(C)=O. The maximum atomic E-state index is 10.5. The van der Waals surface area contributed by atoms with E-state index in [0.29, 0.717) is 0 Å². The molecule has 0 N–H and O–H groups in total. The molecule has 0 aliphatic heterocycles. The number of carbonyl (C=O) groups excluding carboxylic acids is 1. The van der Waals surface area contributed by atoms with Gasteiger partial charge in [-0.25, -0.2) is 0 Å². The van der Waals surface area contributed by atoms with Crippen molar-refractivity contribution in [2.75, 3.05) is 0 Å². The average molecular weight is 156 g/mol. The van der Waals surface area contributed by atoms with Gasteiger partial charge in [-0.3, -0.25) is 4.79 Å². The van der Waals surface area contributed by atoms with Crippen molar-refractivity contribution in [1.29, 1.82) is 0 Å². The molecule has 0 unspecified atom stereocenters. The molecule has 0 heterocycles. The van der Waals surface area contributed by atoms with Gasteiger partial charge in [0.1, 0.15) is 5.76 Å². The van der Waals surface area contributed by atoms with E-state index in [1.165, 1.54) is 6.92 Å². The van der Waals surface area contributed by atoms with Crippen LogP contribution in [0.2, 0.25) is 0 Å². The summed E-state index contributed by atoms with van der Waals surface area (Å²) in [7, 11) is 0. The smallest absolute Gasteiger partial charge is 0.307 e.